The molecule has 0 aliphatic heterocycles. The molecule has 0 bridgehead atoms. The van der Waals surface area contributed by atoms with Gasteiger partial charge in [-0.25, -0.2) is 14.1 Å². The lowest BCUT2D eigenvalue weighted by Gasteiger charge is -2.07. The van der Waals surface area contributed by atoms with Crippen LogP contribution in [0.5, 0.6) is 0 Å². The molecule has 1 heterocycles. The zero-order chi connectivity index (χ0) is 12.3. The Morgan fingerprint density at radius 1 is 1.47 bits per heavy atom. The van der Waals surface area contributed by atoms with Gasteiger partial charge in [-0.05, 0) is 19.2 Å². The highest BCUT2D eigenvalue weighted by atomic mass is 35.5. The number of aromatic nitrogens is 3. The second-order valence-electron chi connectivity index (χ2n) is 3.60. The molecule has 0 atom stereocenters. The first-order valence-corrected chi connectivity index (χ1v) is 5.53. The first-order chi connectivity index (χ1) is 8.20. The number of halogens is 2. The Hall–Kier alpha value is -1.46. The molecule has 0 aliphatic rings. The van der Waals surface area contributed by atoms with E-state index in [1.807, 2.05) is 7.05 Å². The maximum Gasteiger partial charge on any atom is 0.141 e. The van der Waals surface area contributed by atoms with Crippen molar-refractivity contribution in [3.05, 3.63) is 46.8 Å². The summed E-state index contributed by atoms with van der Waals surface area (Å²) in [6.45, 7) is 0.940. The molecule has 4 nitrogen and oxygen atoms in total. The molecule has 0 unspecified atom stereocenters. The van der Waals surface area contributed by atoms with Crippen molar-refractivity contribution in [1.82, 2.24) is 20.1 Å². The smallest absolute Gasteiger partial charge is 0.141 e. The standard InChI is InChI=1S/C11H12ClFN4/c1-14-5-11-15-7-16-17(11)6-8-2-3-9(12)4-10(8)13/h2-4,7,14H,5-6H2,1H3. The van der Waals surface area contributed by atoms with Gasteiger partial charge < -0.3 is 5.32 Å². The van der Waals surface area contributed by atoms with Crippen LogP contribution in [0.25, 0.3) is 0 Å². The lowest BCUT2D eigenvalue weighted by Crippen LogP contribution is -2.14. The van der Waals surface area contributed by atoms with Crippen LogP contribution in [0.3, 0.4) is 0 Å². The Bertz CT molecular complexity index is 512. The summed E-state index contributed by atoms with van der Waals surface area (Å²) in [6.07, 6.45) is 1.46. The molecule has 1 N–H and O–H groups in total. The second kappa shape index (κ2) is 5.25. The maximum atomic E-state index is 13.6. The van der Waals surface area contributed by atoms with E-state index in [4.69, 9.17) is 11.6 Å². The normalized spacial score (nSPS) is 10.8. The van der Waals surface area contributed by atoms with Crippen molar-refractivity contribution in [2.75, 3.05) is 7.05 Å². The summed E-state index contributed by atoms with van der Waals surface area (Å²) in [7, 11) is 1.82. The average Bonchev–Trinajstić information content (AvgIpc) is 2.71. The van der Waals surface area contributed by atoms with E-state index < -0.39 is 0 Å². The third-order valence-electron chi connectivity index (χ3n) is 2.37. The van der Waals surface area contributed by atoms with Gasteiger partial charge >= 0.3 is 0 Å². The number of benzene rings is 1. The fourth-order valence-corrected chi connectivity index (χ4v) is 1.69. The van der Waals surface area contributed by atoms with Gasteiger partial charge in [0.15, 0.2) is 0 Å². The fraction of sp³-hybridized carbons (Fsp3) is 0.273. The third-order valence-corrected chi connectivity index (χ3v) is 2.60. The third kappa shape index (κ3) is 2.81. The minimum atomic E-state index is -0.330. The van der Waals surface area contributed by atoms with Crippen LogP contribution in [-0.4, -0.2) is 21.8 Å². The SMILES string of the molecule is CNCc1ncnn1Cc1ccc(Cl)cc1F. The van der Waals surface area contributed by atoms with E-state index in [0.29, 0.717) is 23.7 Å². The van der Waals surface area contributed by atoms with Crippen molar-refractivity contribution < 1.29 is 4.39 Å². The lowest BCUT2D eigenvalue weighted by molar-refractivity contribution is 0.566. The van der Waals surface area contributed by atoms with E-state index in [2.05, 4.69) is 15.4 Å². The molecule has 90 valence electrons. The van der Waals surface area contributed by atoms with Crippen LogP contribution in [0.15, 0.2) is 24.5 Å². The van der Waals surface area contributed by atoms with Crippen molar-refractivity contribution in [2.45, 2.75) is 13.1 Å². The molecule has 17 heavy (non-hydrogen) atoms. The van der Waals surface area contributed by atoms with E-state index in [9.17, 15) is 4.39 Å². The van der Waals surface area contributed by atoms with Gasteiger partial charge in [0, 0.05) is 10.6 Å². The maximum absolute atomic E-state index is 13.6. The largest absolute Gasteiger partial charge is 0.313 e. The Morgan fingerprint density at radius 2 is 2.29 bits per heavy atom. The summed E-state index contributed by atoms with van der Waals surface area (Å²) >= 11 is 5.70. The van der Waals surface area contributed by atoms with Gasteiger partial charge in [0.05, 0.1) is 13.1 Å². The van der Waals surface area contributed by atoms with Crippen molar-refractivity contribution in [3.8, 4) is 0 Å². The van der Waals surface area contributed by atoms with Crippen molar-refractivity contribution in [3.63, 3.8) is 0 Å². The molecule has 0 amide bonds. The van der Waals surface area contributed by atoms with Crippen LogP contribution >= 0.6 is 11.6 Å². The molecule has 2 rings (SSSR count). The highest BCUT2D eigenvalue weighted by Crippen LogP contribution is 2.15. The minimum Gasteiger partial charge on any atom is -0.313 e. The zero-order valence-electron chi connectivity index (χ0n) is 9.32. The van der Waals surface area contributed by atoms with E-state index in [0.717, 1.165) is 5.82 Å². The average molecular weight is 255 g/mol. The molecule has 1 aromatic heterocycles. The highest BCUT2D eigenvalue weighted by Gasteiger charge is 2.08. The monoisotopic (exact) mass is 254 g/mol. The van der Waals surface area contributed by atoms with Crippen LogP contribution in [0.4, 0.5) is 4.39 Å². The highest BCUT2D eigenvalue weighted by molar-refractivity contribution is 6.30. The van der Waals surface area contributed by atoms with Gasteiger partial charge in [-0.15, -0.1) is 0 Å². The Balaban J connectivity index is 2.22. The van der Waals surface area contributed by atoms with Crippen molar-refractivity contribution in [1.29, 1.82) is 0 Å². The molecular weight excluding hydrogens is 243 g/mol. The van der Waals surface area contributed by atoms with Gasteiger partial charge in [-0.1, -0.05) is 17.7 Å². The van der Waals surface area contributed by atoms with Crippen LogP contribution < -0.4 is 5.32 Å². The summed E-state index contributed by atoms with van der Waals surface area (Å²) < 4.78 is 15.3. The van der Waals surface area contributed by atoms with E-state index in [-0.39, 0.29) is 5.82 Å². The topological polar surface area (TPSA) is 42.7 Å². The predicted molar refractivity (Wildman–Crippen MR) is 63.3 cm³/mol. The zero-order valence-corrected chi connectivity index (χ0v) is 10.1. The molecule has 0 aliphatic carbocycles. The first-order valence-electron chi connectivity index (χ1n) is 5.16. The quantitative estimate of drug-likeness (QED) is 0.905. The molecule has 0 spiro atoms. The van der Waals surface area contributed by atoms with Crippen molar-refractivity contribution in [2.24, 2.45) is 0 Å². The number of hydrogen-bond donors (Lipinski definition) is 1. The van der Waals surface area contributed by atoms with Gasteiger partial charge in [-0.3, -0.25) is 0 Å². The molecule has 0 radical (unpaired) electrons. The number of rotatable bonds is 4. The fourth-order valence-electron chi connectivity index (χ4n) is 1.53. The van der Waals surface area contributed by atoms with Gasteiger partial charge in [-0.2, -0.15) is 5.10 Å². The number of nitrogens with one attached hydrogen (secondary N) is 1. The van der Waals surface area contributed by atoms with Crippen LogP contribution in [0.1, 0.15) is 11.4 Å². The molecule has 0 saturated heterocycles. The minimum absolute atomic E-state index is 0.330. The van der Waals surface area contributed by atoms with E-state index in [1.54, 1.807) is 16.8 Å². The molecule has 2 aromatic rings. The van der Waals surface area contributed by atoms with Gasteiger partial charge in [0.1, 0.15) is 18.0 Å². The Labute approximate surface area is 103 Å². The summed E-state index contributed by atoms with van der Waals surface area (Å²) in [4.78, 5) is 4.09. The molecular formula is C11H12ClFN4. The number of nitrogens with zero attached hydrogens (tertiary/aromatic N) is 3. The molecule has 1 aromatic carbocycles. The Morgan fingerprint density at radius 3 is 3.00 bits per heavy atom. The summed E-state index contributed by atoms with van der Waals surface area (Å²) in [5.41, 5.74) is 0.539. The molecule has 0 fully saturated rings. The number of hydrogen-bond acceptors (Lipinski definition) is 3. The van der Waals surface area contributed by atoms with Crippen molar-refractivity contribution >= 4 is 11.6 Å². The first kappa shape index (κ1) is 12.0. The van der Waals surface area contributed by atoms with Gasteiger partial charge in [0.2, 0.25) is 0 Å². The second-order valence-corrected chi connectivity index (χ2v) is 4.04. The lowest BCUT2D eigenvalue weighted by atomic mass is 10.2. The van der Waals surface area contributed by atoms with Gasteiger partial charge in [0.25, 0.3) is 0 Å². The summed E-state index contributed by atoms with van der Waals surface area (Å²) in [6, 6.07) is 4.61. The predicted octanol–water partition coefficient (Wildman–Crippen LogP) is 1.84. The van der Waals surface area contributed by atoms with Crippen LogP contribution in [0, 0.1) is 5.82 Å². The van der Waals surface area contributed by atoms with Crippen LogP contribution in [0.2, 0.25) is 5.02 Å². The summed E-state index contributed by atoms with van der Waals surface area (Å²) in [5, 5.41) is 7.43. The van der Waals surface area contributed by atoms with Crippen LogP contribution in [-0.2, 0) is 13.1 Å². The van der Waals surface area contributed by atoms with E-state index in [1.165, 1.54) is 12.4 Å². The van der Waals surface area contributed by atoms with E-state index >= 15 is 0 Å². The molecule has 6 heteroatoms. The Kier molecular flexibility index (Phi) is 3.71. The molecule has 0 saturated carbocycles. The summed E-state index contributed by atoms with van der Waals surface area (Å²) in [5.74, 6) is 0.435.